The number of benzene rings is 2. The average molecular weight is 288 g/mol. The summed E-state index contributed by atoms with van der Waals surface area (Å²) in [7, 11) is 2.11. The van der Waals surface area contributed by atoms with Gasteiger partial charge in [0.1, 0.15) is 0 Å². The van der Waals surface area contributed by atoms with Crippen LogP contribution in [-0.4, -0.2) is 17.1 Å². The first-order valence-electron chi connectivity index (χ1n) is 6.86. The summed E-state index contributed by atoms with van der Waals surface area (Å²) in [6.45, 7) is 0.953. The number of aliphatic hydroxyl groups excluding tert-OH is 1. The molecule has 0 bridgehead atoms. The predicted octanol–water partition coefficient (Wildman–Crippen LogP) is 3.95. The molecule has 20 heavy (non-hydrogen) atoms. The molecule has 0 spiro atoms. The Morgan fingerprint density at radius 1 is 1.20 bits per heavy atom. The number of hydrogen-bond donors (Lipinski definition) is 1. The zero-order valence-electron chi connectivity index (χ0n) is 11.5. The van der Waals surface area contributed by atoms with Crippen molar-refractivity contribution in [3.05, 3.63) is 70.2 Å². The lowest BCUT2D eigenvalue weighted by molar-refractivity contribution is 0.120. The summed E-state index contributed by atoms with van der Waals surface area (Å²) in [6, 6.07) is 16.2. The molecular weight excluding hydrogens is 270 g/mol. The van der Waals surface area contributed by atoms with Gasteiger partial charge >= 0.3 is 0 Å². The van der Waals surface area contributed by atoms with Crippen LogP contribution >= 0.6 is 11.6 Å². The van der Waals surface area contributed by atoms with E-state index in [1.54, 1.807) is 0 Å². The quantitative estimate of drug-likeness (QED) is 0.924. The summed E-state index contributed by atoms with van der Waals surface area (Å²) >= 11 is 5.89. The SMILES string of the molecule is CN1Cc2ccccc2[C@@H]1C[C@@H](O)c1ccc(Cl)cc1. The number of hydrogen-bond acceptors (Lipinski definition) is 2. The summed E-state index contributed by atoms with van der Waals surface area (Å²) < 4.78 is 0. The minimum Gasteiger partial charge on any atom is -0.388 e. The molecule has 0 aromatic heterocycles. The van der Waals surface area contributed by atoms with E-state index < -0.39 is 6.10 Å². The van der Waals surface area contributed by atoms with Crippen LogP contribution in [-0.2, 0) is 6.54 Å². The Hall–Kier alpha value is -1.35. The fourth-order valence-electron chi connectivity index (χ4n) is 2.96. The monoisotopic (exact) mass is 287 g/mol. The van der Waals surface area contributed by atoms with E-state index >= 15 is 0 Å². The molecule has 3 heteroatoms. The van der Waals surface area contributed by atoms with Crippen molar-refractivity contribution in [3.63, 3.8) is 0 Å². The molecule has 2 aromatic carbocycles. The normalized spacial score (nSPS) is 19.9. The summed E-state index contributed by atoms with van der Waals surface area (Å²) in [4.78, 5) is 2.30. The fourth-order valence-corrected chi connectivity index (χ4v) is 3.08. The van der Waals surface area contributed by atoms with Crippen molar-refractivity contribution in [2.24, 2.45) is 0 Å². The van der Waals surface area contributed by atoms with Crippen LogP contribution in [0.5, 0.6) is 0 Å². The van der Waals surface area contributed by atoms with Crippen LogP contribution in [0.25, 0.3) is 0 Å². The highest BCUT2D eigenvalue weighted by atomic mass is 35.5. The second-order valence-electron chi connectivity index (χ2n) is 5.43. The van der Waals surface area contributed by atoms with Crippen molar-refractivity contribution in [1.82, 2.24) is 4.90 Å². The Balaban J connectivity index is 1.79. The van der Waals surface area contributed by atoms with Crippen molar-refractivity contribution >= 4 is 11.6 Å². The summed E-state index contributed by atoms with van der Waals surface area (Å²) in [5, 5.41) is 11.1. The van der Waals surface area contributed by atoms with Gasteiger partial charge in [0.25, 0.3) is 0 Å². The minimum absolute atomic E-state index is 0.275. The van der Waals surface area contributed by atoms with Crippen molar-refractivity contribution in [1.29, 1.82) is 0 Å². The molecule has 0 unspecified atom stereocenters. The highest BCUT2D eigenvalue weighted by molar-refractivity contribution is 6.30. The van der Waals surface area contributed by atoms with E-state index in [9.17, 15) is 5.11 Å². The first-order chi connectivity index (χ1) is 9.65. The Morgan fingerprint density at radius 2 is 1.90 bits per heavy atom. The third kappa shape index (κ3) is 2.59. The van der Waals surface area contributed by atoms with Gasteiger partial charge in [0.05, 0.1) is 6.10 Å². The Labute approximate surface area is 124 Å². The molecule has 2 atom stereocenters. The molecule has 0 saturated carbocycles. The molecule has 0 fully saturated rings. The number of halogens is 1. The smallest absolute Gasteiger partial charge is 0.0808 e. The lowest BCUT2D eigenvalue weighted by atomic mass is 9.96. The van der Waals surface area contributed by atoms with Crippen LogP contribution < -0.4 is 0 Å². The van der Waals surface area contributed by atoms with Gasteiger partial charge in [-0.15, -0.1) is 0 Å². The molecule has 0 saturated heterocycles. The van der Waals surface area contributed by atoms with E-state index in [2.05, 4.69) is 36.2 Å². The van der Waals surface area contributed by atoms with Crippen LogP contribution in [0.2, 0.25) is 5.02 Å². The summed E-state index contributed by atoms with van der Waals surface area (Å²) in [5.41, 5.74) is 3.62. The second kappa shape index (κ2) is 5.57. The number of rotatable bonds is 3. The molecule has 0 aliphatic carbocycles. The Morgan fingerprint density at radius 3 is 2.65 bits per heavy atom. The van der Waals surface area contributed by atoms with Gasteiger partial charge in [0.2, 0.25) is 0 Å². The highest BCUT2D eigenvalue weighted by Gasteiger charge is 2.29. The van der Waals surface area contributed by atoms with Gasteiger partial charge in [-0.3, -0.25) is 4.90 Å². The number of nitrogens with zero attached hydrogens (tertiary/aromatic N) is 1. The van der Waals surface area contributed by atoms with Crippen LogP contribution in [0, 0.1) is 0 Å². The van der Waals surface area contributed by atoms with Gasteiger partial charge in [-0.2, -0.15) is 0 Å². The van der Waals surface area contributed by atoms with E-state index in [1.165, 1.54) is 11.1 Å². The summed E-state index contributed by atoms with van der Waals surface area (Å²) in [5.74, 6) is 0. The van der Waals surface area contributed by atoms with E-state index in [-0.39, 0.29) is 6.04 Å². The van der Waals surface area contributed by atoms with Crippen LogP contribution in [0.15, 0.2) is 48.5 Å². The minimum atomic E-state index is -0.467. The van der Waals surface area contributed by atoms with E-state index in [0.29, 0.717) is 11.4 Å². The van der Waals surface area contributed by atoms with Gasteiger partial charge in [-0.1, -0.05) is 48.0 Å². The first kappa shape index (κ1) is 13.6. The third-order valence-electron chi connectivity index (χ3n) is 4.07. The third-order valence-corrected chi connectivity index (χ3v) is 4.32. The lowest BCUT2D eigenvalue weighted by Crippen LogP contribution is -2.19. The van der Waals surface area contributed by atoms with Gasteiger partial charge < -0.3 is 5.11 Å². The lowest BCUT2D eigenvalue weighted by Gasteiger charge is -2.23. The first-order valence-corrected chi connectivity index (χ1v) is 7.24. The zero-order chi connectivity index (χ0) is 14.1. The van der Waals surface area contributed by atoms with Crippen LogP contribution in [0.3, 0.4) is 0 Å². The van der Waals surface area contributed by atoms with Crippen molar-refractivity contribution in [2.75, 3.05) is 7.05 Å². The molecule has 1 aliphatic rings. The van der Waals surface area contributed by atoms with Gasteiger partial charge in [0.15, 0.2) is 0 Å². The van der Waals surface area contributed by atoms with Crippen LogP contribution in [0.4, 0.5) is 0 Å². The average Bonchev–Trinajstić information content (AvgIpc) is 2.76. The number of aliphatic hydroxyl groups is 1. The zero-order valence-corrected chi connectivity index (χ0v) is 12.2. The predicted molar refractivity (Wildman–Crippen MR) is 81.7 cm³/mol. The Bertz CT molecular complexity index is 596. The molecule has 1 aliphatic heterocycles. The molecule has 1 N–H and O–H groups in total. The highest BCUT2D eigenvalue weighted by Crippen LogP contribution is 2.38. The molecule has 0 radical (unpaired) electrons. The van der Waals surface area contributed by atoms with Crippen LogP contribution in [0.1, 0.15) is 35.3 Å². The molecule has 2 nitrogen and oxygen atoms in total. The van der Waals surface area contributed by atoms with E-state index in [1.807, 2.05) is 24.3 Å². The van der Waals surface area contributed by atoms with Gasteiger partial charge in [-0.05, 0) is 42.3 Å². The fraction of sp³-hybridized carbons (Fsp3) is 0.294. The molecule has 104 valence electrons. The molecular formula is C17H18ClNO. The van der Waals surface area contributed by atoms with E-state index in [4.69, 9.17) is 11.6 Å². The van der Waals surface area contributed by atoms with Crippen molar-refractivity contribution < 1.29 is 5.11 Å². The largest absolute Gasteiger partial charge is 0.388 e. The Kier molecular flexibility index (Phi) is 3.79. The molecule has 0 amide bonds. The number of fused-ring (bicyclic) bond motifs is 1. The molecule has 1 heterocycles. The molecule has 2 aromatic rings. The standard InChI is InChI=1S/C17H18ClNO/c1-19-11-13-4-2-3-5-15(13)16(19)10-17(20)12-6-8-14(18)9-7-12/h2-9,16-17,20H,10-11H2,1H3/t16-,17+/m0/s1. The van der Waals surface area contributed by atoms with Crippen molar-refractivity contribution in [2.45, 2.75) is 25.1 Å². The second-order valence-corrected chi connectivity index (χ2v) is 5.87. The van der Waals surface area contributed by atoms with Gasteiger partial charge in [0, 0.05) is 17.6 Å². The van der Waals surface area contributed by atoms with Gasteiger partial charge in [-0.25, -0.2) is 0 Å². The summed E-state index contributed by atoms with van der Waals surface area (Å²) in [6.07, 6.45) is 0.237. The van der Waals surface area contributed by atoms with E-state index in [0.717, 1.165) is 12.1 Å². The maximum absolute atomic E-state index is 10.4. The van der Waals surface area contributed by atoms with Crippen molar-refractivity contribution in [3.8, 4) is 0 Å². The molecule has 3 rings (SSSR count). The maximum Gasteiger partial charge on any atom is 0.0808 e. The topological polar surface area (TPSA) is 23.5 Å². The maximum atomic E-state index is 10.4.